The summed E-state index contributed by atoms with van der Waals surface area (Å²) in [4.78, 5) is 25.1. The second-order valence-corrected chi connectivity index (χ2v) is 5.07. The third kappa shape index (κ3) is 3.81. The summed E-state index contributed by atoms with van der Waals surface area (Å²) in [6.45, 7) is 1.24. The molecule has 1 heterocycles. The average Bonchev–Trinajstić information content (AvgIpc) is 2.46. The molecule has 1 atom stereocenters. The molecule has 2 amide bonds. The highest BCUT2D eigenvalue weighted by Gasteiger charge is 2.26. The number of hydrogen-bond acceptors (Lipinski definition) is 2. The maximum atomic E-state index is 12.1. The molecule has 0 bridgehead atoms. The standard InChI is InChI=1S/C15H20N2O2/c16-15(19)13-7-4-10-17(11-13)14(18)9-8-12-5-2-1-3-6-12/h1-3,5-6,13H,4,7-11H2,(H2,16,19). The van der Waals surface area contributed by atoms with Gasteiger partial charge < -0.3 is 10.6 Å². The first kappa shape index (κ1) is 13.6. The van der Waals surface area contributed by atoms with Crippen molar-refractivity contribution in [3.05, 3.63) is 35.9 Å². The first-order valence-corrected chi connectivity index (χ1v) is 6.78. The second-order valence-electron chi connectivity index (χ2n) is 5.07. The van der Waals surface area contributed by atoms with E-state index in [1.807, 2.05) is 30.3 Å². The highest BCUT2D eigenvalue weighted by Crippen LogP contribution is 2.17. The maximum Gasteiger partial charge on any atom is 0.222 e. The lowest BCUT2D eigenvalue weighted by Gasteiger charge is -2.31. The minimum absolute atomic E-state index is 0.120. The van der Waals surface area contributed by atoms with Gasteiger partial charge in [0.2, 0.25) is 11.8 Å². The molecule has 4 nitrogen and oxygen atoms in total. The molecule has 1 fully saturated rings. The van der Waals surface area contributed by atoms with E-state index in [1.165, 1.54) is 5.56 Å². The van der Waals surface area contributed by atoms with Gasteiger partial charge in [0, 0.05) is 19.5 Å². The van der Waals surface area contributed by atoms with Gasteiger partial charge in [-0.2, -0.15) is 0 Å². The van der Waals surface area contributed by atoms with Crippen LogP contribution in [-0.2, 0) is 16.0 Å². The van der Waals surface area contributed by atoms with E-state index in [0.29, 0.717) is 13.0 Å². The highest BCUT2D eigenvalue weighted by molar-refractivity contribution is 5.80. The van der Waals surface area contributed by atoms with Crippen molar-refractivity contribution in [2.24, 2.45) is 11.7 Å². The number of amides is 2. The molecule has 1 aromatic carbocycles. The van der Waals surface area contributed by atoms with Gasteiger partial charge in [-0.15, -0.1) is 0 Å². The molecule has 0 saturated carbocycles. The Morgan fingerprint density at radius 2 is 2.00 bits per heavy atom. The van der Waals surface area contributed by atoms with Crippen LogP contribution in [0.15, 0.2) is 30.3 Å². The van der Waals surface area contributed by atoms with E-state index in [2.05, 4.69) is 0 Å². The SMILES string of the molecule is NC(=O)C1CCCN(C(=O)CCc2ccccc2)C1. The lowest BCUT2D eigenvalue weighted by Crippen LogP contribution is -2.44. The summed E-state index contributed by atoms with van der Waals surface area (Å²) in [6.07, 6.45) is 2.91. The second kappa shape index (κ2) is 6.36. The topological polar surface area (TPSA) is 63.4 Å². The summed E-state index contributed by atoms with van der Waals surface area (Å²) in [7, 11) is 0. The van der Waals surface area contributed by atoms with Crippen molar-refractivity contribution in [1.29, 1.82) is 0 Å². The van der Waals surface area contributed by atoms with Crippen LogP contribution in [-0.4, -0.2) is 29.8 Å². The van der Waals surface area contributed by atoms with Crippen molar-refractivity contribution in [1.82, 2.24) is 4.90 Å². The molecule has 1 aliphatic rings. The Bertz CT molecular complexity index is 445. The van der Waals surface area contributed by atoms with Crippen LogP contribution in [0, 0.1) is 5.92 Å². The van der Waals surface area contributed by atoms with Crippen molar-refractivity contribution >= 4 is 11.8 Å². The van der Waals surface area contributed by atoms with Crippen molar-refractivity contribution in [2.75, 3.05) is 13.1 Å². The number of aryl methyl sites for hydroxylation is 1. The molecule has 0 aromatic heterocycles. The molecule has 1 aliphatic heterocycles. The Balaban J connectivity index is 1.84. The van der Waals surface area contributed by atoms with Crippen LogP contribution < -0.4 is 5.73 Å². The summed E-state index contributed by atoms with van der Waals surface area (Å²) in [5.74, 6) is -0.343. The Labute approximate surface area is 113 Å². The van der Waals surface area contributed by atoms with Gasteiger partial charge in [0.05, 0.1) is 5.92 Å². The molecule has 19 heavy (non-hydrogen) atoms. The molecule has 1 unspecified atom stereocenters. The van der Waals surface area contributed by atoms with Gasteiger partial charge in [0.15, 0.2) is 0 Å². The van der Waals surface area contributed by atoms with Crippen molar-refractivity contribution in [3.8, 4) is 0 Å². The predicted molar refractivity (Wildman–Crippen MR) is 73.3 cm³/mol. The lowest BCUT2D eigenvalue weighted by atomic mass is 9.97. The van der Waals surface area contributed by atoms with E-state index in [9.17, 15) is 9.59 Å². The molecule has 2 N–H and O–H groups in total. The zero-order chi connectivity index (χ0) is 13.7. The Hall–Kier alpha value is -1.84. The minimum Gasteiger partial charge on any atom is -0.369 e. The molecule has 102 valence electrons. The smallest absolute Gasteiger partial charge is 0.222 e. The largest absolute Gasteiger partial charge is 0.369 e. The molecule has 0 aliphatic carbocycles. The third-order valence-electron chi connectivity index (χ3n) is 3.65. The van der Waals surface area contributed by atoms with Gasteiger partial charge in [-0.3, -0.25) is 9.59 Å². The van der Waals surface area contributed by atoms with Crippen LogP contribution >= 0.6 is 0 Å². The molecule has 0 spiro atoms. The first-order chi connectivity index (χ1) is 9.16. The lowest BCUT2D eigenvalue weighted by molar-refractivity contribution is -0.134. The molecule has 2 rings (SSSR count). The fourth-order valence-corrected chi connectivity index (χ4v) is 2.49. The predicted octanol–water partition coefficient (Wildman–Crippen LogP) is 1.34. The van der Waals surface area contributed by atoms with Crippen LogP contribution in [0.1, 0.15) is 24.8 Å². The van der Waals surface area contributed by atoms with E-state index in [-0.39, 0.29) is 17.7 Å². The van der Waals surface area contributed by atoms with Crippen molar-refractivity contribution in [3.63, 3.8) is 0 Å². The summed E-state index contributed by atoms with van der Waals surface area (Å²) >= 11 is 0. The Morgan fingerprint density at radius 3 is 2.68 bits per heavy atom. The molecular weight excluding hydrogens is 240 g/mol. The van der Waals surface area contributed by atoms with Gasteiger partial charge in [-0.1, -0.05) is 30.3 Å². The maximum absolute atomic E-state index is 12.1. The van der Waals surface area contributed by atoms with Crippen LogP contribution in [0.3, 0.4) is 0 Å². The number of primary amides is 1. The van der Waals surface area contributed by atoms with Gasteiger partial charge in [0.25, 0.3) is 0 Å². The van der Waals surface area contributed by atoms with Crippen molar-refractivity contribution < 1.29 is 9.59 Å². The number of piperidine rings is 1. The normalized spacial score (nSPS) is 19.2. The Kier molecular flexibility index (Phi) is 4.55. The number of nitrogens with zero attached hydrogens (tertiary/aromatic N) is 1. The average molecular weight is 260 g/mol. The van der Waals surface area contributed by atoms with Gasteiger partial charge in [-0.05, 0) is 24.8 Å². The molecule has 1 aromatic rings. The number of nitrogens with two attached hydrogens (primary N) is 1. The third-order valence-corrected chi connectivity index (χ3v) is 3.65. The summed E-state index contributed by atoms with van der Waals surface area (Å²) in [6, 6.07) is 9.96. The van der Waals surface area contributed by atoms with E-state index in [1.54, 1.807) is 4.90 Å². The number of likely N-dealkylation sites (tertiary alicyclic amines) is 1. The van der Waals surface area contributed by atoms with Crippen molar-refractivity contribution in [2.45, 2.75) is 25.7 Å². The summed E-state index contributed by atoms with van der Waals surface area (Å²) in [5.41, 5.74) is 6.48. The number of carbonyl (C=O) groups excluding carboxylic acids is 2. The minimum atomic E-state index is -0.291. The Morgan fingerprint density at radius 1 is 1.26 bits per heavy atom. The van der Waals surface area contributed by atoms with Crippen LogP contribution in [0.25, 0.3) is 0 Å². The number of benzene rings is 1. The summed E-state index contributed by atoms with van der Waals surface area (Å²) in [5, 5.41) is 0. The monoisotopic (exact) mass is 260 g/mol. The van der Waals surface area contributed by atoms with E-state index in [0.717, 1.165) is 25.8 Å². The zero-order valence-electron chi connectivity index (χ0n) is 11.0. The quantitative estimate of drug-likeness (QED) is 0.888. The molecular formula is C15H20N2O2. The zero-order valence-corrected chi connectivity index (χ0v) is 11.0. The van der Waals surface area contributed by atoms with Gasteiger partial charge in [-0.25, -0.2) is 0 Å². The fraction of sp³-hybridized carbons (Fsp3) is 0.467. The van der Waals surface area contributed by atoms with Crippen LogP contribution in [0.5, 0.6) is 0 Å². The van der Waals surface area contributed by atoms with E-state index < -0.39 is 0 Å². The number of hydrogen-bond donors (Lipinski definition) is 1. The number of carbonyl (C=O) groups is 2. The van der Waals surface area contributed by atoms with Crippen LogP contribution in [0.4, 0.5) is 0 Å². The summed E-state index contributed by atoms with van der Waals surface area (Å²) < 4.78 is 0. The number of rotatable bonds is 4. The molecule has 4 heteroatoms. The highest BCUT2D eigenvalue weighted by atomic mass is 16.2. The van der Waals surface area contributed by atoms with Gasteiger partial charge >= 0.3 is 0 Å². The molecule has 0 radical (unpaired) electrons. The van der Waals surface area contributed by atoms with Crippen LogP contribution in [0.2, 0.25) is 0 Å². The van der Waals surface area contributed by atoms with E-state index >= 15 is 0 Å². The molecule has 1 saturated heterocycles. The van der Waals surface area contributed by atoms with Gasteiger partial charge in [0.1, 0.15) is 0 Å². The fourth-order valence-electron chi connectivity index (χ4n) is 2.49. The first-order valence-electron chi connectivity index (χ1n) is 6.78. The van der Waals surface area contributed by atoms with E-state index in [4.69, 9.17) is 5.73 Å².